The van der Waals surface area contributed by atoms with Gasteiger partial charge >= 0.3 is 59.7 Å². The van der Waals surface area contributed by atoms with Crippen LogP contribution >= 0.6 is 113 Å². The van der Waals surface area contributed by atoms with Gasteiger partial charge in [-0.05, 0) is 340 Å². The molecule has 8 aromatic rings. The molecule has 0 radical (unpaired) electrons. The Morgan fingerprint density at radius 3 is 0.957 bits per heavy atom. The molecule has 0 aromatic heterocycles. The molecule has 0 aliphatic heterocycles. The first-order valence-corrected chi connectivity index (χ1v) is 55.9. The molecule has 0 heterocycles. The van der Waals surface area contributed by atoms with Crippen molar-refractivity contribution in [1.82, 2.24) is 0 Å². The van der Waals surface area contributed by atoms with E-state index in [0.717, 1.165) is 80.3 Å². The molecule has 740 valence electrons. The Morgan fingerprint density at radius 1 is 0.312 bits per heavy atom. The zero-order chi connectivity index (χ0) is 100. The molecule has 0 spiro atoms. The van der Waals surface area contributed by atoms with Crippen molar-refractivity contribution >= 4 is 240 Å². The van der Waals surface area contributed by atoms with Gasteiger partial charge in [-0.2, -0.15) is 0 Å². The van der Waals surface area contributed by atoms with Gasteiger partial charge in [0.25, 0.3) is 0 Å². The van der Waals surface area contributed by atoms with Crippen LogP contribution in [0.25, 0.3) is 10.8 Å². The number of halogens is 5. The summed E-state index contributed by atoms with van der Waals surface area (Å²) in [6, 6.07) is 43.7. The predicted molar refractivity (Wildman–Crippen MR) is 525 cm³/mol. The fraction of sp³-hybridized carbons (Fsp3) is 0.380. The molecule has 9 saturated carbocycles. The van der Waals surface area contributed by atoms with Gasteiger partial charge in [0.05, 0.1) is 107 Å². The van der Waals surface area contributed by atoms with Gasteiger partial charge in [-0.1, -0.05) is 73.9 Å². The molecule has 17 rings (SSSR count). The molecule has 138 heavy (non-hydrogen) atoms. The van der Waals surface area contributed by atoms with E-state index < -0.39 is 171 Å². The van der Waals surface area contributed by atoms with E-state index in [1.165, 1.54) is 67.8 Å². The molecule has 8 aromatic carbocycles. The van der Waals surface area contributed by atoms with Crippen molar-refractivity contribution in [3.05, 3.63) is 221 Å². The largest absolute Gasteiger partial charge is 0.748 e. The minimum absolute atomic E-state index is 0.0178. The van der Waals surface area contributed by atoms with Crippen LogP contribution in [0.5, 0.6) is 28.7 Å². The molecular weight excluding hydrogens is 2480 g/mol. The number of carbonyl (C=O) groups excluding carboxylic acids is 11. The van der Waals surface area contributed by atoms with E-state index in [0.29, 0.717) is 66.6 Å². The predicted octanol–water partition coefficient (Wildman–Crippen LogP) is 13.5. The minimum Gasteiger partial charge on any atom is -0.748 e. The average Bonchev–Trinajstić information content (AvgIpc) is 0.729. The van der Waals surface area contributed by atoms with Gasteiger partial charge in [-0.15, -0.1) is 0 Å². The van der Waals surface area contributed by atoms with Crippen LogP contribution in [-0.2, 0) is 93.5 Å². The number of ketones is 1. The summed E-state index contributed by atoms with van der Waals surface area (Å²) in [5.74, 6) is -8.63. The first kappa shape index (κ1) is 110. The lowest BCUT2D eigenvalue weighted by molar-refractivity contribution is -0.167. The molecule has 9 aliphatic carbocycles. The number of rotatable bonds is 30. The number of hydrogen-bond acceptors (Lipinski definition) is 36. The van der Waals surface area contributed by atoms with Gasteiger partial charge in [-0.3, -0.25) is 19.2 Å². The molecule has 8 bridgehead atoms. The van der Waals surface area contributed by atoms with E-state index in [1.807, 2.05) is 109 Å². The molecule has 36 nitrogen and oxygen atoms in total. The Hall–Kier alpha value is -8.41. The van der Waals surface area contributed by atoms with E-state index in [-0.39, 0.29) is 92.0 Å². The molecule has 2 unspecified atom stereocenters. The van der Waals surface area contributed by atoms with Gasteiger partial charge in [0, 0.05) is 29.7 Å². The molecule has 0 amide bonds. The SMILES string of the molecule is O=C(OCCS(=O)(=O)[O-])c1ccc(I)cc1OC(=O)C12CC3CC(C1)C(=O)C(C3)C2.O=C(OCCS(=O)(=O)[O-])c1ccc(I)cc1OC(=O)C12CC3CC(CC(C3)C1)C2.O=C(OCCS(=O)(=O)[O-])c1ccc(I)cc1OC(=O)C1CCCCC1.O=C(OCCS(=O)(=O)[O-])c1ccc(I)cc1OC(=O)c1cccc2ccccc12.O=C(Oc1cc(I)ccc1C(=O)OCCS(=O)(=O)[O-])c1ccccc1. The number of hydrogen-bond donors (Lipinski definition) is 0. The highest BCUT2D eigenvalue weighted by Crippen LogP contribution is 2.61. The number of esters is 10. The van der Waals surface area contributed by atoms with Crippen LogP contribution in [0.1, 0.15) is 175 Å². The van der Waals surface area contributed by atoms with Crippen molar-refractivity contribution < 1.29 is 165 Å². The second-order valence-corrected chi connectivity index (χ2v) is 47.5. The van der Waals surface area contributed by atoms with Crippen LogP contribution in [-0.4, -0.2) is 192 Å². The van der Waals surface area contributed by atoms with Crippen LogP contribution in [0.3, 0.4) is 0 Å². The Labute approximate surface area is 862 Å². The lowest BCUT2D eigenvalue weighted by Gasteiger charge is -2.55. The minimum atomic E-state index is -4.51. The molecule has 0 N–H and O–H groups in total. The Kier molecular flexibility index (Phi) is 38.7. The van der Waals surface area contributed by atoms with Crippen LogP contribution in [0.15, 0.2) is 164 Å². The highest BCUT2D eigenvalue weighted by atomic mass is 127. The number of ether oxygens (including phenoxy) is 10. The van der Waals surface area contributed by atoms with Gasteiger partial charge < -0.3 is 70.1 Å². The monoisotopic (exact) mass is 2560 g/mol. The van der Waals surface area contributed by atoms with Crippen LogP contribution in [0, 0.1) is 70.1 Å². The van der Waals surface area contributed by atoms with E-state index in [4.69, 9.17) is 47.4 Å². The first-order chi connectivity index (χ1) is 65.0. The fourth-order valence-electron chi connectivity index (χ4n) is 17.9. The smallest absolute Gasteiger partial charge is 0.344 e. The molecule has 0 saturated heterocycles. The van der Waals surface area contributed by atoms with Gasteiger partial charge in [0.1, 0.15) is 95.4 Å². The van der Waals surface area contributed by atoms with E-state index >= 15 is 0 Å². The quantitative estimate of drug-likeness (QED) is 0.0133. The van der Waals surface area contributed by atoms with E-state index in [1.54, 1.807) is 97.1 Å². The summed E-state index contributed by atoms with van der Waals surface area (Å²) < 4.78 is 215. The maximum absolute atomic E-state index is 13.2. The lowest BCUT2D eigenvalue weighted by Crippen LogP contribution is -2.55. The summed E-state index contributed by atoms with van der Waals surface area (Å²) in [5, 5.41) is 1.57. The van der Waals surface area contributed by atoms with Crippen molar-refractivity contribution in [2.24, 2.45) is 52.3 Å². The maximum atomic E-state index is 13.2. The highest BCUT2D eigenvalue weighted by molar-refractivity contribution is 14.1. The zero-order valence-electron chi connectivity index (χ0n) is 72.6. The first-order valence-electron chi connectivity index (χ1n) is 42.6. The summed E-state index contributed by atoms with van der Waals surface area (Å²) in [6.07, 6.45) is 14.1. The molecule has 9 fully saturated rings. The summed E-state index contributed by atoms with van der Waals surface area (Å²) in [4.78, 5) is 137. The number of fused-ring (bicyclic) bond motifs is 1. The number of Topliss-reactive ketones (excluding diaryl/α,β-unsaturated/α-hetero) is 1. The Bertz CT molecular complexity index is 6510. The van der Waals surface area contributed by atoms with Gasteiger partial charge in [0.2, 0.25) is 0 Å². The number of benzene rings is 8. The van der Waals surface area contributed by atoms with Crippen molar-refractivity contribution in [2.75, 3.05) is 61.8 Å². The third-order valence-corrected chi connectivity index (χ3v) is 30.2. The fourth-order valence-corrected chi connectivity index (χ4v) is 21.7. The van der Waals surface area contributed by atoms with Crippen molar-refractivity contribution in [3.8, 4) is 28.7 Å². The van der Waals surface area contributed by atoms with Crippen molar-refractivity contribution in [2.45, 2.75) is 103 Å². The van der Waals surface area contributed by atoms with Gasteiger partial charge in [-0.25, -0.2) is 75.7 Å². The Morgan fingerprint density at radius 2 is 0.609 bits per heavy atom. The second-order valence-electron chi connectivity index (χ2n) is 33.6. The summed E-state index contributed by atoms with van der Waals surface area (Å²) in [7, 11) is -22.4. The van der Waals surface area contributed by atoms with Crippen LogP contribution in [0.4, 0.5) is 0 Å². The topological polar surface area (TPSA) is 566 Å². The average molecular weight is 2560 g/mol. The van der Waals surface area contributed by atoms with Crippen molar-refractivity contribution in [3.63, 3.8) is 0 Å². The third-order valence-electron chi connectivity index (χ3n) is 23.5. The van der Waals surface area contributed by atoms with Crippen molar-refractivity contribution in [1.29, 1.82) is 0 Å². The van der Waals surface area contributed by atoms with Crippen LogP contribution in [0.2, 0.25) is 0 Å². The standard InChI is InChI=1S/C20H21IO8S.C20H23IO7S.C20H15IO7S.C16H19IO7S.C16H13IO7S/c21-14-1-2-15(18(23)28-3-4-30(25,26)27)16(7-14)29-19(24)20-8-11-5-12(9-20)17(22)13(6-11)10-20;21-15-1-2-16(18(22)27-3-4-29(24,25)26)17(8-15)28-19(23)20-9-12-5-13(10-20)7-14(6-12)11-20;21-14-8-9-17(19(22)27-10-11-29(24,25)26)18(12-14)28-20(23)16-7-3-5-13-4-1-2-6-15(13)16;2*17-12-6-7-13(16(19)23-8-9-25(20,21)22)14(10-12)24-15(18)11-4-2-1-3-5-11/h1-2,7,11-13H,3-6,8-10H2,(H,25,26,27);1-2,8,12-14H,3-7,9-11H2,(H,24,25,26);1-9,12H,10-11H2,(H,24,25,26);6-7,10-11H,1-5,8-9H2,(H,20,21,22);1-7,10H,8-9H2,(H,20,21,22)/p-5. The van der Waals surface area contributed by atoms with Crippen LogP contribution < -0.4 is 23.7 Å². The van der Waals surface area contributed by atoms with E-state index in [2.05, 4.69) is 22.6 Å². The summed E-state index contributed by atoms with van der Waals surface area (Å²) >= 11 is 10.1. The second kappa shape index (κ2) is 48.6. The molecule has 46 heteroatoms. The van der Waals surface area contributed by atoms with Gasteiger partial charge in [0.15, 0.2) is 0 Å². The summed E-state index contributed by atoms with van der Waals surface area (Å²) in [5.41, 5.74) is -0.586. The maximum Gasteiger partial charge on any atom is 0.344 e. The highest BCUT2D eigenvalue weighted by Gasteiger charge is 2.60. The lowest BCUT2D eigenvalue weighted by atomic mass is 9.49. The molecule has 9 aliphatic rings. The Balaban J connectivity index is 0.000000166. The van der Waals surface area contributed by atoms with E-state index in [9.17, 15) is 118 Å². The molecular formula is C92H86I5O36S5-5. The zero-order valence-corrected chi connectivity index (χ0v) is 87.5. The third kappa shape index (κ3) is 32.6. The summed E-state index contributed by atoms with van der Waals surface area (Å²) in [6.45, 7) is -2.84. The number of carbonyl (C=O) groups is 11. The molecule has 2 atom stereocenters. The normalized spacial score (nSPS) is 20.0.